The fourth-order valence-corrected chi connectivity index (χ4v) is 3.13. The maximum atomic E-state index is 11.6. The van der Waals surface area contributed by atoms with E-state index in [-0.39, 0.29) is 6.79 Å². The molecule has 20 heavy (non-hydrogen) atoms. The Bertz CT molecular complexity index is 670. The van der Waals surface area contributed by atoms with Gasteiger partial charge in [0.15, 0.2) is 17.2 Å². The van der Waals surface area contributed by atoms with Gasteiger partial charge in [0.1, 0.15) is 5.01 Å². The van der Waals surface area contributed by atoms with E-state index in [4.69, 9.17) is 14.2 Å². The number of esters is 1. The van der Waals surface area contributed by atoms with Crippen LogP contribution in [0.1, 0.15) is 17.4 Å². The van der Waals surface area contributed by atoms with Gasteiger partial charge in [-0.05, 0) is 35.0 Å². The molecule has 0 unspecified atom stereocenters. The number of benzene rings is 1. The summed E-state index contributed by atoms with van der Waals surface area (Å²) < 4.78 is 16.4. The van der Waals surface area contributed by atoms with Crippen molar-refractivity contribution in [3.63, 3.8) is 0 Å². The van der Waals surface area contributed by atoms with Crippen molar-refractivity contribution in [3.8, 4) is 22.1 Å². The highest BCUT2D eigenvalue weighted by molar-refractivity contribution is 9.10. The second kappa shape index (κ2) is 5.41. The van der Waals surface area contributed by atoms with Crippen molar-refractivity contribution in [2.45, 2.75) is 6.92 Å². The number of carbonyl (C=O) groups excluding carboxylic acids is 1. The first-order chi connectivity index (χ1) is 9.69. The molecule has 0 amide bonds. The molecule has 1 aromatic heterocycles. The summed E-state index contributed by atoms with van der Waals surface area (Å²) in [6, 6.07) is 3.74. The van der Waals surface area contributed by atoms with E-state index < -0.39 is 5.97 Å². The highest BCUT2D eigenvalue weighted by Crippen LogP contribution is 2.42. The average Bonchev–Trinajstić information content (AvgIpc) is 3.08. The Morgan fingerprint density at radius 2 is 2.35 bits per heavy atom. The molecule has 0 bridgehead atoms. The minimum atomic E-state index is -0.408. The van der Waals surface area contributed by atoms with Crippen molar-refractivity contribution < 1.29 is 19.0 Å². The van der Waals surface area contributed by atoms with Crippen LogP contribution in [0.4, 0.5) is 0 Å². The number of rotatable bonds is 3. The standard InChI is InChI=1S/C13H10BrNO4S/c1-2-17-13(16)9-5-20-12(15-9)7-3-8(14)11-10(4-7)18-6-19-11/h3-5H,2,6H2,1H3. The highest BCUT2D eigenvalue weighted by atomic mass is 79.9. The van der Waals surface area contributed by atoms with Gasteiger partial charge >= 0.3 is 5.97 Å². The fraction of sp³-hybridized carbons (Fsp3) is 0.231. The lowest BCUT2D eigenvalue weighted by Crippen LogP contribution is -2.04. The molecule has 3 rings (SSSR count). The van der Waals surface area contributed by atoms with E-state index in [1.165, 1.54) is 11.3 Å². The summed E-state index contributed by atoms with van der Waals surface area (Å²) in [5.74, 6) is 0.952. The van der Waals surface area contributed by atoms with Gasteiger partial charge in [-0.3, -0.25) is 0 Å². The zero-order valence-corrected chi connectivity index (χ0v) is 12.9. The first-order valence-electron chi connectivity index (χ1n) is 5.91. The van der Waals surface area contributed by atoms with Crippen LogP contribution in [-0.2, 0) is 4.74 Å². The van der Waals surface area contributed by atoms with Crippen LogP contribution in [0, 0.1) is 0 Å². The topological polar surface area (TPSA) is 57.7 Å². The molecule has 0 N–H and O–H groups in total. The van der Waals surface area contributed by atoms with E-state index in [0.29, 0.717) is 23.8 Å². The van der Waals surface area contributed by atoms with Crippen molar-refractivity contribution in [2.24, 2.45) is 0 Å². The summed E-state index contributed by atoms with van der Waals surface area (Å²) in [5, 5.41) is 2.42. The normalized spacial score (nSPS) is 12.5. The number of nitrogens with zero attached hydrogens (tertiary/aromatic N) is 1. The van der Waals surface area contributed by atoms with Gasteiger partial charge in [-0.2, -0.15) is 0 Å². The Labute approximate surface area is 127 Å². The predicted octanol–water partition coefficient (Wildman–Crippen LogP) is 3.48. The highest BCUT2D eigenvalue weighted by Gasteiger charge is 2.20. The Balaban J connectivity index is 1.94. The number of halogens is 1. The molecule has 0 aliphatic carbocycles. The minimum absolute atomic E-state index is 0.212. The molecular weight excluding hydrogens is 346 g/mol. The molecule has 104 valence electrons. The lowest BCUT2D eigenvalue weighted by molar-refractivity contribution is 0.0520. The number of fused-ring (bicyclic) bond motifs is 1. The number of hydrogen-bond acceptors (Lipinski definition) is 6. The molecule has 0 radical (unpaired) electrons. The third kappa shape index (κ3) is 2.38. The molecule has 2 aromatic rings. The molecular formula is C13H10BrNO4S. The van der Waals surface area contributed by atoms with Crippen LogP contribution < -0.4 is 9.47 Å². The molecule has 1 aromatic carbocycles. The monoisotopic (exact) mass is 355 g/mol. The summed E-state index contributed by atoms with van der Waals surface area (Å²) in [7, 11) is 0. The molecule has 0 saturated carbocycles. The molecule has 0 atom stereocenters. The third-order valence-corrected chi connectivity index (χ3v) is 4.14. The first kappa shape index (κ1) is 13.4. The molecule has 0 saturated heterocycles. The van der Waals surface area contributed by atoms with E-state index in [2.05, 4.69) is 20.9 Å². The van der Waals surface area contributed by atoms with Gasteiger partial charge in [0.25, 0.3) is 0 Å². The molecule has 0 spiro atoms. The van der Waals surface area contributed by atoms with Crippen LogP contribution in [0.15, 0.2) is 22.0 Å². The fourth-order valence-electron chi connectivity index (χ4n) is 1.80. The number of thiazole rings is 1. The van der Waals surface area contributed by atoms with Gasteiger partial charge in [-0.1, -0.05) is 0 Å². The predicted molar refractivity (Wildman–Crippen MR) is 77.3 cm³/mol. The van der Waals surface area contributed by atoms with Crippen LogP contribution in [0.5, 0.6) is 11.5 Å². The van der Waals surface area contributed by atoms with Gasteiger partial charge < -0.3 is 14.2 Å². The molecule has 5 nitrogen and oxygen atoms in total. The Morgan fingerprint density at radius 1 is 1.50 bits per heavy atom. The maximum absolute atomic E-state index is 11.6. The zero-order valence-electron chi connectivity index (χ0n) is 10.5. The summed E-state index contributed by atoms with van der Waals surface area (Å²) in [6.45, 7) is 2.31. The van der Waals surface area contributed by atoms with Crippen molar-refractivity contribution in [1.82, 2.24) is 4.98 Å². The van der Waals surface area contributed by atoms with Gasteiger partial charge in [-0.15, -0.1) is 11.3 Å². The number of ether oxygens (including phenoxy) is 3. The van der Waals surface area contributed by atoms with Gasteiger partial charge in [0.2, 0.25) is 6.79 Å². The quantitative estimate of drug-likeness (QED) is 0.788. The number of carbonyl (C=O) groups is 1. The molecule has 2 heterocycles. The number of aromatic nitrogens is 1. The van der Waals surface area contributed by atoms with Crippen LogP contribution in [-0.4, -0.2) is 24.4 Å². The van der Waals surface area contributed by atoms with E-state index >= 15 is 0 Å². The Morgan fingerprint density at radius 3 is 3.15 bits per heavy atom. The number of hydrogen-bond donors (Lipinski definition) is 0. The average molecular weight is 356 g/mol. The first-order valence-corrected chi connectivity index (χ1v) is 7.58. The van der Waals surface area contributed by atoms with Crippen molar-refractivity contribution in [2.75, 3.05) is 13.4 Å². The maximum Gasteiger partial charge on any atom is 0.357 e. The van der Waals surface area contributed by atoms with Gasteiger partial charge in [0, 0.05) is 10.9 Å². The zero-order chi connectivity index (χ0) is 14.1. The van der Waals surface area contributed by atoms with Crippen molar-refractivity contribution in [1.29, 1.82) is 0 Å². The van der Waals surface area contributed by atoms with E-state index in [0.717, 1.165) is 15.0 Å². The lowest BCUT2D eigenvalue weighted by atomic mass is 10.2. The summed E-state index contributed by atoms with van der Waals surface area (Å²) >= 11 is 4.82. The Kier molecular flexibility index (Phi) is 3.62. The second-order valence-electron chi connectivity index (χ2n) is 3.95. The largest absolute Gasteiger partial charge is 0.461 e. The van der Waals surface area contributed by atoms with Crippen LogP contribution in [0.3, 0.4) is 0 Å². The third-order valence-electron chi connectivity index (χ3n) is 2.66. The molecule has 1 aliphatic heterocycles. The van der Waals surface area contributed by atoms with E-state index in [1.807, 2.05) is 12.1 Å². The molecule has 0 fully saturated rings. The van der Waals surface area contributed by atoms with Gasteiger partial charge in [0.05, 0.1) is 11.1 Å². The van der Waals surface area contributed by atoms with Crippen LogP contribution in [0.25, 0.3) is 10.6 Å². The summed E-state index contributed by atoms with van der Waals surface area (Å²) in [4.78, 5) is 15.9. The van der Waals surface area contributed by atoms with E-state index in [1.54, 1.807) is 12.3 Å². The minimum Gasteiger partial charge on any atom is -0.461 e. The summed E-state index contributed by atoms with van der Waals surface area (Å²) in [5.41, 5.74) is 1.18. The Hall–Kier alpha value is -1.60. The van der Waals surface area contributed by atoms with Gasteiger partial charge in [-0.25, -0.2) is 9.78 Å². The van der Waals surface area contributed by atoms with Crippen molar-refractivity contribution >= 4 is 33.2 Å². The van der Waals surface area contributed by atoms with E-state index in [9.17, 15) is 4.79 Å². The van der Waals surface area contributed by atoms with Crippen LogP contribution >= 0.6 is 27.3 Å². The second-order valence-corrected chi connectivity index (χ2v) is 5.66. The molecule has 1 aliphatic rings. The smallest absolute Gasteiger partial charge is 0.357 e. The lowest BCUT2D eigenvalue weighted by Gasteiger charge is -2.02. The molecule has 7 heteroatoms. The summed E-state index contributed by atoms with van der Waals surface area (Å²) in [6.07, 6.45) is 0. The van der Waals surface area contributed by atoms with Crippen molar-refractivity contribution in [3.05, 3.63) is 27.7 Å². The van der Waals surface area contributed by atoms with Crippen LogP contribution in [0.2, 0.25) is 0 Å². The SMILES string of the molecule is CCOC(=O)c1csc(-c2cc(Br)c3c(c2)OCO3)n1.